The summed E-state index contributed by atoms with van der Waals surface area (Å²) in [4.78, 5) is 10.8. The second kappa shape index (κ2) is 7.51. The molecule has 0 saturated carbocycles. The molecular formula is C17H19ClN4O2. The van der Waals surface area contributed by atoms with Crippen LogP contribution in [-0.2, 0) is 0 Å². The number of rotatable bonds is 4. The standard InChI is InChI=1S/C17H18N4O2.ClH/c1-2-6-16-15(5-1)20-17(23-16)21-9-8-19-10-13(21)12-22-14-4-3-7-18-11-14;/h1-7,11,13,19H,8-10,12H2;1H/t13-;/m1./s1. The first-order valence-electron chi connectivity index (χ1n) is 7.76. The van der Waals surface area contributed by atoms with Gasteiger partial charge in [-0.05, 0) is 24.3 Å². The molecule has 126 valence electrons. The van der Waals surface area contributed by atoms with Gasteiger partial charge in [0.1, 0.15) is 17.9 Å². The Balaban J connectivity index is 0.00000169. The van der Waals surface area contributed by atoms with Crippen molar-refractivity contribution in [3.05, 3.63) is 48.8 Å². The van der Waals surface area contributed by atoms with Gasteiger partial charge >= 0.3 is 0 Å². The minimum Gasteiger partial charge on any atom is -0.490 e. The third-order valence-corrected chi connectivity index (χ3v) is 3.96. The molecule has 1 N–H and O–H groups in total. The average Bonchev–Trinajstić information content (AvgIpc) is 3.05. The Kier molecular flexibility index (Phi) is 5.17. The third-order valence-electron chi connectivity index (χ3n) is 3.96. The summed E-state index contributed by atoms with van der Waals surface area (Å²) in [6.07, 6.45) is 3.46. The van der Waals surface area contributed by atoms with Crippen LogP contribution in [0.4, 0.5) is 6.01 Å². The van der Waals surface area contributed by atoms with E-state index in [2.05, 4.69) is 20.2 Å². The fourth-order valence-corrected chi connectivity index (χ4v) is 2.77. The predicted octanol–water partition coefficient (Wildman–Crippen LogP) is 2.50. The number of anilines is 1. The van der Waals surface area contributed by atoms with Crippen LogP contribution in [0.5, 0.6) is 5.75 Å². The number of oxazole rings is 1. The van der Waals surface area contributed by atoms with Gasteiger partial charge in [-0.3, -0.25) is 4.98 Å². The van der Waals surface area contributed by atoms with Crippen molar-refractivity contribution in [3.63, 3.8) is 0 Å². The second-order valence-electron chi connectivity index (χ2n) is 5.52. The van der Waals surface area contributed by atoms with Gasteiger partial charge in [0.25, 0.3) is 6.01 Å². The Morgan fingerprint density at radius 1 is 1.25 bits per heavy atom. The number of para-hydroxylation sites is 2. The van der Waals surface area contributed by atoms with Crippen LogP contribution in [-0.4, -0.2) is 42.3 Å². The Hall–Kier alpha value is -2.31. The summed E-state index contributed by atoms with van der Waals surface area (Å²) in [6.45, 7) is 3.13. The molecule has 1 aliphatic rings. The van der Waals surface area contributed by atoms with Gasteiger partial charge in [0, 0.05) is 25.8 Å². The zero-order valence-corrected chi connectivity index (χ0v) is 13.9. The van der Waals surface area contributed by atoms with Crippen LogP contribution in [0, 0.1) is 0 Å². The maximum absolute atomic E-state index is 5.91. The Labute approximate surface area is 146 Å². The highest BCUT2D eigenvalue weighted by atomic mass is 35.5. The molecule has 1 fully saturated rings. The van der Waals surface area contributed by atoms with E-state index in [9.17, 15) is 0 Å². The highest BCUT2D eigenvalue weighted by Gasteiger charge is 2.26. The number of piperazine rings is 1. The number of halogens is 1. The summed E-state index contributed by atoms with van der Waals surface area (Å²) in [5.74, 6) is 0.774. The number of ether oxygens (including phenoxy) is 1. The van der Waals surface area contributed by atoms with Crippen molar-refractivity contribution in [1.29, 1.82) is 0 Å². The maximum atomic E-state index is 5.91. The highest BCUT2D eigenvalue weighted by Crippen LogP contribution is 2.24. The molecule has 1 saturated heterocycles. The lowest BCUT2D eigenvalue weighted by atomic mass is 10.2. The number of fused-ring (bicyclic) bond motifs is 1. The molecule has 0 unspecified atom stereocenters. The van der Waals surface area contributed by atoms with Crippen molar-refractivity contribution < 1.29 is 9.15 Å². The molecule has 3 aromatic rings. The number of benzene rings is 1. The van der Waals surface area contributed by atoms with Gasteiger partial charge in [0.05, 0.1) is 12.2 Å². The molecule has 2 aromatic heterocycles. The number of nitrogens with zero attached hydrogens (tertiary/aromatic N) is 3. The topological polar surface area (TPSA) is 63.4 Å². The van der Waals surface area contributed by atoms with Crippen molar-refractivity contribution in [2.75, 3.05) is 31.1 Å². The smallest absolute Gasteiger partial charge is 0.298 e. The zero-order valence-electron chi connectivity index (χ0n) is 13.1. The Morgan fingerprint density at radius 2 is 2.17 bits per heavy atom. The van der Waals surface area contributed by atoms with E-state index in [1.165, 1.54) is 0 Å². The number of hydrogen-bond acceptors (Lipinski definition) is 6. The second-order valence-corrected chi connectivity index (χ2v) is 5.52. The zero-order chi connectivity index (χ0) is 15.5. The molecule has 1 aromatic carbocycles. The molecule has 0 aliphatic carbocycles. The SMILES string of the molecule is Cl.c1cncc(OC[C@H]2CNCCN2c2nc3ccccc3o2)c1. The summed E-state index contributed by atoms with van der Waals surface area (Å²) in [6, 6.07) is 12.4. The van der Waals surface area contributed by atoms with Gasteiger partial charge in [0.15, 0.2) is 5.58 Å². The number of hydrogen-bond donors (Lipinski definition) is 1. The van der Waals surface area contributed by atoms with E-state index in [1.54, 1.807) is 12.4 Å². The molecule has 0 amide bonds. The number of aromatic nitrogens is 2. The van der Waals surface area contributed by atoms with E-state index in [4.69, 9.17) is 9.15 Å². The van der Waals surface area contributed by atoms with E-state index in [0.29, 0.717) is 12.6 Å². The van der Waals surface area contributed by atoms with Crippen LogP contribution in [0.3, 0.4) is 0 Å². The Morgan fingerprint density at radius 3 is 3.00 bits per heavy atom. The molecule has 3 heterocycles. The van der Waals surface area contributed by atoms with Crippen molar-refractivity contribution in [3.8, 4) is 5.75 Å². The molecule has 1 aliphatic heterocycles. The molecule has 24 heavy (non-hydrogen) atoms. The molecule has 7 heteroatoms. The molecule has 1 atom stereocenters. The van der Waals surface area contributed by atoms with Crippen LogP contribution >= 0.6 is 12.4 Å². The van der Waals surface area contributed by atoms with Crippen molar-refractivity contribution >= 4 is 29.5 Å². The summed E-state index contributed by atoms with van der Waals surface area (Å²) >= 11 is 0. The fourth-order valence-electron chi connectivity index (χ4n) is 2.77. The van der Waals surface area contributed by atoms with Crippen LogP contribution in [0.15, 0.2) is 53.2 Å². The lowest BCUT2D eigenvalue weighted by Crippen LogP contribution is -2.54. The fraction of sp³-hybridized carbons (Fsp3) is 0.294. The summed E-state index contributed by atoms with van der Waals surface area (Å²) in [5.41, 5.74) is 1.70. The van der Waals surface area contributed by atoms with E-state index in [0.717, 1.165) is 36.5 Å². The van der Waals surface area contributed by atoms with Gasteiger partial charge in [0.2, 0.25) is 0 Å². The molecule has 6 nitrogen and oxygen atoms in total. The predicted molar refractivity (Wildman–Crippen MR) is 95.0 cm³/mol. The van der Waals surface area contributed by atoms with Gasteiger partial charge in [-0.15, -0.1) is 12.4 Å². The van der Waals surface area contributed by atoms with Crippen LogP contribution in [0.2, 0.25) is 0 Å². The van der Waals surface area contributed by atoms with Crippen molar-refractivity contribution in [1.82, 2.24) is 15.3 Å². The summed E-state index contributed by atoms with van der Waals surface area (Å²) in [7, 11) is 0. The van der Waals surface area contributed by atoms with Crippen LogP contribution in [0.1, 0.15) is 0 Å². The van der Waals surface area contributed by atoms with E-state index in [1.807, 2.05) is 36.4 Å². The van der Waals surface area contributed by atoms with Gasteiger partial charge in [-0.1, -0.05) is 12.1 Å². The first-order valence-corrected chi connectivity index (χ1v) is 7.76. The average molecular weight is 347 g/mol. The van der Waals surface area contributed by atoms with Crippen molar-refractivity contribution in [2.45, 2.75) is 6.04 Å². The lowest BCUT2D eigenvalue weighted by Gasteiger charge is -2.34. The van der Waals surface area contributed by atoms with Gasteiger partial charge in [-0.2, -0.15) is 4.98 Å². The van der Waals surface area contributed by atoms with Crippen molar-refractivity contribution in [2.24, 2.45) is 0 Å². The van der Waals surface area contributed by atoms with E-state index < -0.39 is 0 Å². The maximum Gasteiger partial charge on any atom is 0.298 e. The first-order chi connectivity index (χ1) is 11.4. The van der Waals surface area contributed by atoms with Crippen LogP contribution in [0.25, 0.3) is 11.1 Å². The normalized spacial score (nSPS) is 17.5. The number of pyridine rings is 1. The molecular weight excluding hydrogens is 328 g/mol. The quantitative estimate of drug-likeness (QED) is 0.783. The Bertz CT molecular complexity index is 747. The molecule has 4 rings (SSSR count). The van der Waals surface area contributed by atoms with Gasteiger partial charge in [-0.25, -0.2) is 0 Å². The van der Waals surface area contributed by atoms with Gasteiger partial charge < -0.3 is 19.4 Å². The van der Waals surface area contributed by atoms with E-state index in [-0.39, 0.29) is 18.4 Å². The molecule has 0 spiro atoms. The van der Waals surface area contributed by atoms with Crippen LogP contribution < -0.4 is 15.0 Å². The summed E-state index contributed by atoms with van der Waals surface area (Å²) < 4.78 is 11.8. The minimum atomic E-state index is 0. The number of nitrogens with one attached hydrogen (secondary N) is 1. The third kappa shape index (κ3) is 3.44. The lowest BCUT2D eigenvalue weighted by molar-refractivity contribution is 0.261. The molecule has 0 bridgehead atoms. The highest BCUT2D eigenvalue weighted by molar-refractivity contribution is 5.85. The largest absolute Gasteiger partial charge is 0.490 e. The monoisotopic (exact) mass is 346 g/mol. The summed E-state index contributed by atoms with van der Waals surface area (Å²) in [5, 5.41) is 3.40. The minimum absolute atomic E-state index is 0. The molecule has 0 radical (unpaired) electrons. The first kappa shape index (κ1) is 16.5. The van der Waals surface area contributed by atoms with E-state index >= 15 is 0 Å².